The molecule has 1 aliphatic carbocycles. The van der Waals surface area contributed by atoms with Crippen LogP contribution in [0.2, 0.25) is 0 Å². The number of aromatic nitrogens is 2. The first-order chi connectivity index (χ1) is 31.1. The maximum atomic E-state index is 14.0. The number of piperidine rings is 4. The zero-order chi connectivity index (χ0) is 44.5. The summed E-state index contributed by atoms with van der Waals surface area (Å²) in [5.41, 5.74) is 5.76. The molecular weight excluding hydrogens is 809 g/mol. The zero-order valence-corrected chi connectivity index (χ0v) is 37.6. The minimum Gasteiger partial charge on any atom is -0.498 e. The number of nitrogens with one attached hydrogen (secondary N) is 1. The minimum absolute atomic E-state index is 0.00964. The molecular formula is C50H62N8O6. The molecule has 6 aliphatic rings. The highest BCUT2D eigenvalue weighted by Gasteiger charge is 2.43. The largest absolute Gasteiger partial charge is 0.498 e. The standard InChI is InChI=1S/C50H62N8O6/c1-4-64-45-28-36(6-11-44(45)63-3)42(13-20-51)58-49(61)38-9-7-37(29-41(38)50(58)62)57-25-16-33(17-26-57)31-55-21-14-32(15-22-55)30-56-23-18-34(19-24-56)35-5-8-39-43(27-35)54(2)53-47(39)40-10-12-46(59)52-48(40)60/h5-9,11,27,29,32-34,40,42,45H,4,10,12-19,21-26,28,30-31H2,1-3H3,(H,52,59,60). The molecule has 3 atom stereocenters. The van der Waals surface area contributed by atoms with Crippen molar-refractivity contribution in [1.29, 1.82) is 5.26 Å². The van der Waals surface area contributed by atoms with Crippen LogP contribution < -0.4 is 10.2 Å². The van der Waals surface area contributed by atoms with Gasteiger partial charge in [-0.05, 0) is 137 Å². The number of carbonyl (C=O) groups excluding carboxylic acids is 4. The van der Waals surface area contributed by atoms with Gasteiger partial charge in [-0.25, -0.2) is 0 Å². The van der Waals surface area contributed by atoms with Crippen LogP contribution in [0.4, 0.5) is 5.69 Å². The van der Waals surface area contributed by atoms with Crippen molar-refractivity contribution >= 4 is 40.2 Å². The third-order valence-corrected chi connectivity index (χ3v) is 15.0. The highest BCUT2D eigenvalue weighted by molar-refractivity contribution is 6.22. The average molecular weight is 871 g/mol. The maximum absolute atomic E-state index is 14.0. The van der Waals surface area contributed by atoms with Crippen molar-refractivity contribution in [3.8, 4) is 6.07 Å². The SMILES string of the molecule is CCOC1CC(C(CC#N)N2C(=O)c3ccc(N4CCC(CN5CCC(CN6CCC(c7ccc8c(C9CCC(=O)NC9=O)nn(C)c8c7)CC6)CC5)CC4)cc3C2=O)=CC=C1OC. The number of amides is 4. The molecule has 3 unspecified atom stereocenters. The number of nitrogens with zero attached hydrogens (tertiary/aromatic N) is 7. The summed E-state index contributed by atoms with van der Waals surface area (Å²) < 4.78 is 13.3. The second kappa shape index (κ2) is 19.0. The predicted molar refractivity (Wildman–Crippen MR) is 243 cm³/mol. The van der Waals surface area contributed by atoms with Crippen molar-refractivity contribution in [2.45, 2.75) is 95.1 Å². The predicted octanol–water partition coefficient (Wildman–Crippen LogP) is 6.05. The number of aryl methyl sites for hydroxylation is 1. The van der Waals surface area contributed by atoms with E-state index in [2.05, 4.69) is 44.3 Å². The Morgan fingerprint density at radius 1 is 0.844 bits per heavy atom. The summed E-state index contributed by atoms with van der Waals surface area (Å²) in [5.74, 6) is 1.04. The number of hydrogen-bond donors (Lipinski definition) is 1. The Labute approximate surface area is 376 Å². The molecule has 14 nitrogen and oxygen atoms in total. The molecule has 0 radical (unpaired) electrons. The van der Waals surface area contributed by atoms with E-state index in [-0.39, 0.29) is 42.1 Å². The Balaban J connectivity index is 0.721. The quantitative estimate of drug-likeness (QED) is 0.200. The van der Waals surface area contributed by atoms with Gasteiger partial charge in [0.15, 0.2) is 0 Å². The van der Waals surface area contributed by atoms with E-state index in [4.69, 9.17) is 14.6 Å². The summed E-state index contributed by atoms with van der Waals surface area (Å²) in [4.78, 5) is 61.0. The molecule has 4 fully saturated rings. The van der Waals surface area contributed by atoms with Crippen molar-refractivity contribution in [2.24, 2.45) is 18.9 Å². The molecule has 3 aromatic rings. The van der Waals surface area contributed by atoms with E-state index in [0.717, 1.165) is 105 Å². The summed E-state index contributed by atoms with van der Waals surface area (Å²) in [5, 5.41) is 18.0. The smallest absolute Gasteiger partial charge is 0.262 e. The third-order valence-electron chi connectivity index (χ3n) is 15.0. The van der Waals surface area contributed by atoms with Crippen molar-refractivity contribution in [2.75, 3.05) is 71.0 Å². The van der Waals surface area contributed by atoms with Crippen LogP contribution in [-0.4, -0.2) is 126 Å². The number of allylic oxidation sites excluding steroid dienone is 2. The van der Waals surface area contributed by atoms with E-state index in [1.807, 2.05) is 42.9 Å². The molecule has 9 rings (SSSR count). The first-order valence-electron chi connectivity index (χ1n) is 23.6. The van der Waals surface area contributed by atoms with Gasteiger partial charge in [-0.15, -0.1) is 0 Å². The topological polar surface area (TPSA) is 153 Å². The maximum Gasteiger partial charge on any atom is 0.262 e. The Morgan fingerprint density at radius 3 is 2.20 bits per heavy atom. The first-order valence-corrected chi connectivity index (χ1v) is 23.6. The van der Waals surface area contributed by atoms with Crippen LogP contribution in [0, 0.1) is 23.2 Å². The fraction of sp³-hybridized carbons (Fsp3) is 0.560. The number of hydrogen-bond acceptors (Lipinski definition) is 11. The molecule has 0 spiro atoms. The van der Waals surface area contributed by atoms with Crippen molar-refractivity contribution in [1.82, 2.24) is 29.8 Å². The van der Waals surface area contributed by atoms with E-state index in [9.17, 15) is 24.4 Å². The summed E-state index contributed by atoms with van der Waals surface area (Å²) in [6, 6.07) is 13.8. The number of anilines is 1. The monoisotopic (exact) mass is 870 g/mol. The molecule has 338 valence electrons. The number of benzene rings is 2. The van der Waals surface area contributed by atoms with Crippen molar-refractivity contribution < 1.29 is 28.7 Å². The Morgan fingerprint density at radius 2 is 1.53 bits per heavy atom. The second-order valence-electron chi connectivity index (χ2n) is 18.8. The van der Waals surface area contributed by atoms with Crippen LogP contribution in [0.3, 0.4) is 0 Å². The van der Waals surface area contributed by atoms with E-state index < -0.39 is 6.04 Å². The van der Waals surface area contributed by atoms with Gasteiger partial charge in [0.25, 0.3) is 11.8 Å². The number of methoxy groups -OCH3 is 1. The number of likely N-dealkylation sites (tertiary alicyclic amines) is 2. The molecule has 6 heterocycles. The van der Waals surface area contributed by atoms with Gasteiger partial charge in [0.05, 0.1) is 53.9 Å². The number of imide groups is 2. The molecule has 2 aromatic carbocycles. The van der Waals surface area contributed by atoms with Crippen LogP contribution >= 0.6 is 0 Å². The Bertz CT molecular complexity index is 2380. The van der Waals surface area contributed by atoms with Crippen LogP contribution in [0.1, 0.15) is 115 Å². The van der Waals surface area contributed by atoms with Gasteiger partial charge in [0.2, 0.25) is 11.8 Å². The summed E-state index contributed by atoms with van der Waals surface area (Å²) >= 11 is 0. The third kappa shape index (κ3) is 8.87. The van der Waals surface area contributed by atoms with E-state index in [1.54, 1.807) is 13.2 Å². The number of fused-ring (bicyclic) bond motifs is 2. The van der Waals surface area contributed by atoms with Gasteiger partial charge in [0, 0.05) is 63.7 Å². The molecule has 0 saturated carbocycles. The lowest BCUT2D eigenvalue weighted by Gasteiger charge is -2.40. The van der Waals surface area contributed by atoms with Gasteiger partial charge in [-0.3, -0.25) is 34.1 Å². The first kappa shape index (κ1) is 43.9. The molecule has 1 aromatic heterocycles. The van der Waals surface area contributed by atoms with Gasteiger partial charge in [0.1, 0.15) is 11.9 Å². The van der Waals surface area contributed by atoms with Gasteiger partial charge < -0.3 is 24.2 Å². The summed E-state index contributed by atoms with van der Waals surface area (Å²) in [6.45, 7) is 11.1. The minimum atomic E-state index is -0.676. The molecule has 0 bridgehead atoms. The van der Waals surface area contributed by atoms with Crippen molar-refractivity contribution in [3.63, 3.8) is 0 Å². The summed E-state index contributed by atoms with van der Waals surface area (Å²) in [6.07, 6.45) is 11.6. The lowest BCUT2D eigenvalue weighted by atomic mass is 9.87. The van der Waals surface area contributed by atoms with E-state index >= 15 is 0 Å². The van der Waals surface area contributed by atoms with Gasteiger partial charge >= 0.3 is 0 Å². The lowest BCUT2D eigenvalue weighted by Crippen LogP contribution is -2.44. The number of rotatable bonds is 13. The number of ether oxygens (including phenoxy) is 2. The molecule has 5 aliphatic heterocycles. The molecule has 4 amide bonds. The molecule has 14 heteroatoms. The second-order valence-corrected chi connectivity index (χ2v) is 18.8. The number of nitriles is 1. The summed E-state index contributed by atoms with van der Waals surface area (Å²) in [7, 11) is 3.54. The Kier molecular flexibility index (Phi) is 13.0. The van der Waals surface area contributed by atoms with E-state index in [1.165, 1.54) is 29.8 Å². The fourth-order valence-corrected chi connectivity index (χ4v) is 11.3. The lowest BCUT2D eigenvalue weighted by molar-refractivity contribution is -0.134. The molecule has 1 N–H and O–H groups in total. The van der Waals surface area contributed by atoms with Crippen LogP contribution in [-0.2, 0) is 26.1 Å². The Hall–Kier alpha value is -5.36. The molecule has 4 saturated heterocycles. The van der Waals surface area contributed by atoms with Crippen LogP contribution in [0.25, 0.3) is 10.9 Å². The van der Waals surface area contributed by atoms with Gasteiger partial charge in [-0.2, -0.15) is 10.4 Å². The fourth-order valence-electron chi connectivity index (χ4n) is 11.3. The van der Waals surface area contributed by atoms with Gasteiger partial charge in [-0.1, -0.05) is 18.2 Å². The average Bonchev–Trinajstić information content (AvgIpc) is 3.77. The highest BCUT2D eigenvalue weighted by atomic mass is 16.5. The van der Waals surface area contributed by atoms with Crippen molar-refractivity contribution in [3.05, 3.63) is 82.3 Å². The van der Waals surface area contributed by atoms with Crippen LogP contribution in [0.5, 0.6) is 0 Å². The number of carbonyl (C=O) groups is 4. The highest BCUT2D eigenvalue weighted by Crippen LogP contribution is 2.38. The van der Waals surface area contributed by atoms with Crippen LogP contribution in [0.15, 0.2) is 59.9 Å². The zero-order valence-electron chi connectivity index (χ0n) is 37.6. The molecule has 64 heavy (non-hydrogen) atoms. The van der Waals surface area contributed by atoms with E-state index in [0.29, 0.717) is 54.6 Å². The normalized spacial score (nSPS) is 23.8.